The van der Waals surface area contributed by atoms with Crippen LogP contribution < -0.4 is 4.74 Å². The Labute approximate surface area is 214 Å². The number of aryl methyl sites for hydroxylation is 2. The molecule has 0 N–H and O–H groups in total. The fourth-order valence-corrected chi connectivity index (χ4v) is 5.46. The topological polar surface area (TPSA) is 94.2 Å². The highest BCUT2D eigenvalue weighted by Gasteiger charge is 2.34. The molecule has 1 amide bonds. The highest BCUT2D eigenvalue weighted by molar-refractivity contribution is 7.11. The molecule has 4 heterocycles. The third kappa shape index (κ3) is 4.88. The molecule has 0 bridgehead atoms. The predicted octanol–water partition coefficient (Wildman–Crippen LogP) is 5.38. The Kier molecular flexibility index (Phi) is 6.82. The Morgan fingerprint density at radius 3 is 2.69 bits per heavy atom. The van der Waals surface area contributed by atoms with Crippen LogP contribution in [0.3, 0.4) is 0 Å². The maximum atomic E-state index is 13.6. The largest absolute Gasteiger partial charge is 0.481 e. The summed E-state index contributed by atoms with van der Waals surface area (Å²) in [7, 11) is 1.52. The smallest absolute Gasteiger partial charge is 0.273 e. The minimum absolute atomic E-state index is 0.0448. The molecule has 1 fully saturated rings. The molecule has 1 aromatic carbocycles. The number of thiazole rings is 1. The zero-order valence-corrected chi connectivity index (χ0v) is 21.6. The van der Waals surface area contributed by atoms with Crippen LogP contribution in [-0.2, 0) is 6.42 Å². The second kappa shape index (κ2) is 10.2. The van der Waals surface area contributed by atoms with E-state index in [0.717, 1.165) is 29.5 Å². The summed E-state index contributed by atoms with van der Waals surface area (Å²) in [5, 5.41) is 9.46. The van der Waals surface area contributed by atoms with E-state index >= 15 is 0 Å². The standard InChI is InChI=1S/C27H28N5O3S/c1-16(13-19-9-6-5-7-10-19)24-30-31-25(35-24)20-14-21(29-23(15-20)34-4)27(33)32-12-8-11-22(32)26-28-17(2)18(3)36-26/h5-7,9-10,14-15,22H,8,11-13H2,1-4H3/t22-/m1/s1. The van der Waals surface area contributed by atoms with Gasteiger partial charge < -0.3 is 14.1 Å². The summed E-state index contributed by atoms with van der Waals surface area (Å²) in [6.45, 7) is 6.70. The highest BCUT2D eigenvalue weighted by Crippen LogP contribution is 2.36. The number of aromatic nitrogens is 4. The van der Waals surface area contributed by atoms with Gasteiger partial charge in [-0.05, 0) is 51.7 Å². The number of ether oxygens (including phenoxy) is 1. The normalized spacial score (nSPS) is 15.6. The molecule has 9 heteroatoms. The molecular weight excluding hydrogens is 474 g/mol. The van der Waals surface area contributed by atoms with Gasteiger partial charge in [0.1, 0.15) is 10.7 Å². The lowest BCUT2D eigenvalue weighted by Crippen LogP contribution is -2.31. The van der Waals surface area contributed by atoms with Gasteiger partial charge in [0.2, 0.25) is 17.7 Å². The molecule has 5 rings (SSSR count). The number of likely N-dealkylation sites (tertiary alicyclic amines) is 1. The zero-order valence-electron chi connectivity index (χ0n) is 20.8. The van der Waals surface area contributed by atoms with Crippen LogP contribution in [0.25, 0.3) is 11.5 Å². The van der Waals surface area contributed by atoms with Crippen LogP contribution in [-0.4, -0.2) is 44.6 Å². The Morgan fingerprint density at radius 2 is 1.97 bits per heavy atom. The van der Waals surface area contributed by atoms with Crippen molar-refractivity contribution in [3.8, 4) is 17.3 Å². The van der Waals surface area contributed by atoms with Crippen molar-refractivity contribution in [1.82, 2.24) is 25.1 Å². The van der Waals surface area contributed by atoms with E-state index in [-0.39, 0.29) is 17.6 Å². The van der Waals surface area contributed by atoms with Crippen LogP contribution >= 0.6 is 11.3 Å². The molecule has 1 atom stereocenters. The van der Waals surface area contributed by atoms with E-state index in [4.69, 9.17) is 14.1 Å². The van der Waals surface area contributed by atoms with Crippen molar-refractivity contribution >= 4 is 17.2 Å². The van der Waals surface area contributed by atoms with Gasteiger partial charge in [-0.15, -0.1) is 21.5 Å². The second-order valence-electron chi connectivity index (χ2n) is 8.99. The van der Waals surface area contributed by atoms with E-state index in [1.165, 1.54) is 17.6 Å². The first-order valence-electron chi connectivity index (χ1n) is 11.9. The van der Waals surface area contributed by atoms with E-state index in [1.54, 1.807) is 23.5 Å². The lowest BCUT2D eigenvalue weighted by molar-refractivity contribution is 0.0728. The molecule has 1 saturated heterocycles. The molecule has 1 radical (unpaired) electrons. The molecule has 185 valence electrons. The number of hydrogen-bond acceptors (Lipinski definition) is 8. The van der Waals surface area contributed by atoms with E-state index in [2.05, 4.69) is 34.2 Å². The van der Waals surface area contributed by atoms with E-state index in [0.29, 0.717) is 36.2 Å². The van der Waals surface area contributed by atoms with Crippen molar-refractivity contribution in [1.29, 1.82) is 0 Å². The Balaban J connectivity index is 1.40. The zero-order chi connectivity index (χ0) is 25.2. The van der Waals surface area contributed by atoms with Crippen LogP contribution in [0.2, 0.25) is 0 Å². The average molecular weight is 503 g/mol. The van der Waals surface area contributed by atoms with Gasteiger partial charge in [0.05, 0.1) is 24.8 Å². The lowest BCUT2D eigenvalue weighted by Gasteiger charge is -2.23. The quantitative estimate of drug-likeness (QED) is 0.335. The predicted molar refractivity (Wildman–Crippen MR) is 137 cm³/mol. The van der Waals surface area contributed by atoms with Crippen LogP contribution in [0.4, 0.5) is 0 Å². The van der Waals surface area contributed by atoms with E-state index in [9.17, 15) is 4.79 Å². The fourth-order valence-electron chi connectivity index (χ4n) is 4.39. The Hall–Kier alpha value is -3.59. The van der Waals surface area contributed by atoms with Crippen molar-refractivity contribution in [2.45, 2.75) is 46.1 Å². The average Bonchev–Trinajstić information content (AvgIpc) is 3.64. The Morgan fingerprint density at radius 1 is 1.17 bits per heavy atom. The number of methoxy groups -OCH3 is 1. The van der Waals surface area contributed by atoms with Gasteiger partial charge in [-0.1, -0.05) is 30.3 Å². The minimum Gasteiger partial charge on any atom is -0.481 e. The van der Waals surface area contributed by atoms with Crippen molar-refractivity contribution in [2.24, 2.45) is 0 Å². The summed E-state index contributed by atoms with van der Waals surface area (Å²) in [5.74, 6) is 1.90. The van der Waals surface area contributed by atoms with Gasteiger partial charge in [-0.3, -0.25) is 4.79 Å². The minimum atomic E-state index is -0.158. The number of amides is 1. The number of benzene rings is 1. The molecule has 3 aromatic heterocycles. The number of hydrogen-bond donors (Lipinski definition) is 0. The van der Waals surface area contributed by atoms with Gasteiger partial charge in [0.15, 0.2) is 0 Å². The molecule has 0 aliphatic carbocycles. The third-order valence-electron chi connectivity index (χ3n) is 6.42. The van der Waals surface area contributed by atoms with Crippen molar-refractivity contribution in [3.05, 3.63) is 81.1 Å². The molecule has 0 unspecified atom stereocenters. The maximum Gasteiger partial charge on any atom is 0.273 e. The molecule has 1 aliphatic rings. The summed E-state index contributed by atoms with van der Waals surface area (Å²) in [6, 6.07) is 13.5. The molecule has 8 nitrogen and oxygen atoms in total. The lowest BCUT2D eigenvalue weighted by atomic mass is 10.0. The summed E-state index contributed by atoms with van der Waals surface area (Å²) < 4.78 is 11.4. The number of carbonyl (C=O) groups excluding carboxylic acids is 1. The Bertz CT molecular complexity index is 1350. The monoisotopic (exact) mass is 502 g/mol. The maximum absolute atomic E-state index is 13.6. The van der Waals surface area contributed by atoms with Gasteiger partial charge in [0, 0.05) is 23.1 Å². The summed E-state index contributed by atoms with van der Waals surface area (Å²) >= 11 is 1.66. The van der Waals surface area contributed by atoms with Gasteiger partial charge in [-0.25, -0.2) is 9.97 Å². The first kappa shape index (κ1) is 24.1. The molecule has 1 aliphatic heterocycles. The second-order valence-corrected chi connectivity index (χ2v) is 10.2. The van der Waals surface area contributed by atoms with Crippen molar-refractivity contribution in [3.63, 3.8) is 0 Å². The van der Waals surface area contributed by atoms with Gasteiger partial charge >= 0.3 is 0 Å². The summed E-state index contributed by atoms with van der Waals surface area (Å²) in [6.07, 6.45) is 2.52. The molecular formula is C27H28N5O3S. The first-order chi connectivity index (χ1) is 17.4. The molecule has 4 aromatic rings. The van der Waals surface area contributed by atoms with E-state index in [1.807, 2.05) is 36.9 Å². The van der Waals surface area contributed by atoms with Gasteiger partial charge in [0.25, 0.3) is 5.91 Å². The van der Waals surface area contributed by atoms with Crippen LogP contribution in [0, 0.1) is 19.8 Å². The van der Waals surface area contributed by atoms with E-state index < -0.39 is 0 Å². The SMILES string of the molecule is COc1cc(-c2nnc([C](C)Cc3ccccc3)o2)cc(C(=O)N2CCC[C@@H]2c2nc(C)c(C)s2)n1. The van der Waals surface area contributed by atoms with Crippen molar-refractivity contribution < 1.29 is 13.9 Å². The summed E-state index contributed by atoms with van der Waals surface area (Å²) in [5.41, 5.74) is 3.06. The van der Waals surface area contributed by atoms with Crippen LogP contribution in [0.5, 0.6) is 5.88 Å². The first-order valence-corrected chi connectivity index (χ1v) is 12.8. The summed E-state index contributed by atoms with van der Waals surface area (Å²) in [4.78, 5) is 25.8. The molecule has 0 spiro atoms. The fraction of sp³-hybridized carbons (Fsp3) is 0.333. The van der Waals surface area contributed by atoms with Crippen LogP contribution in [0.1, 0.15) is 63.3 Å². The van der Waals surface area contributed by atoms with Crippen molar-refractivity contribution in [2.75, 3.05) is 13.7 Å². The highest BCUT2D eigenvalue weighted by atomic mass is 32.1. The number of nitrogens with zero attached hydrogens (tertiary/aromatic N) is 5. The molecule has 0 saturated carbocycles. The van der Waals surface area contributed by atoms with Crippen LogP contribution in [0.15, 0.2) is 46.9 Å². The third-order valence-corrected chi connectivity index (χ3v) is 7.60. The number of rotatable bonds is 7. The number of pyridine rings is 1. The number of carbonyl (C=O) groups is 1. The molecule has 36 heavy (non-hydrogen) atoms. The van der Waals surface area contributed by atoms with Gasteiger partial charge in [-0.2, -0.15) is 0 Å².